The number of nitrogens with zero attached hydrogens (tertiary/aromatic N) is 1. The second kappa shape index (κ2) is 5.89. The molecule has 4 aliphatic rings. The number of para-hydroxylation sites is 2. The zero-order chi connectivity index (χ0) is 17.8. The predicted molar refractivity (Wildman–Crippen MR) is 112 cm³/mol. The van der Waals surface area contributed by atoms with Crippen molar-refractivity contribution in [3.8, 4) is 0 Å². The Bertz CT molecular complexity index is 900. The van der Waals surface area contributed by atoms with Gasteiger partial charge in [0, 0.05) is 17.5 Å². The van der Waals surface area contributed by atoms with E-state index < -0.39 is 0 Å². The van der Waals surface area contributed by atoms with E-state index in [4.69, 9.17) is 0 Å². The third-order valence-corrected chi connectivity index (χ3v) is 7.52. The summed E-state index contributed by atoms with van der Waals surface area (Å²) in [4.78, 5) is 2.78. The van der Waals surface area contributed by atoms with Crippen LogP contribution in [0.2, 0.25) is 0 Å². The first-order valence-electron chi connectivity index (χ1n) is 10.8. The third kappa shape index (κ3) is 2.13. The Morgan fingerprint density at radius 3 is 2.59 bits per heavy atom. The molecule has 27 heavy (non-hydrogen) atoms. The van der Waals surface area contributed by atoms with E-state index in [1.807, 2.05) is 0 Å². The number of fused-ring (bicyclic) bond motifs is 3. The number of hydrogen-bond acceptors (Lipinski definition) is 2. The average Bonchev–Trinajstić information content (AvgIpc) is 3.06. The maximum Gasteiger partial charge on any atom is 0.118 e. The molecule has 1 spiro atoms. The monoisotopic (exact) mass is 356 g/mol. The summed E-state index contributed by atoms with van der Waals surface area (Å²) in [6, 6.07) is 20.4. The molecular weight excluding hydrogens is 328 g/mol. The van der Waals surface area contributed by atoms with E-state index in [2.05, 4.69) is 64.8 Å². The fraction of sp³-hybridized carbons (Fsp3) is 0.440. The molecular formula is C25H28N2. The van der Waals surface area contributed by atoms with Gasteiger partial charge in [-0.05, 0) is 68.2 Å². The first-order chi connectivity index (χ1) is 13.4. The Labute approximate surface area is 162 Å². The molecule has 3 atom stereocenters. The lowest BCUT2D eigenvalue weighted by Crippen LogP contribution is -2.62. The van der Waals surface area contributed by atoms with Gasteiger partial charge >= 0.3 is 0 Å². The summed E-state index contributed by atoms with van der Waals surface area (Å²) >= 11 is 0. The van der Waals surface area contributed by atoms with Gasteiger partial charge in [0.25, 0.3) is 0 Å². The molecule has 138 valence electrons. The molecule has 1 fully saturated rings. The van der Waals surface area contributed by atoms with E-state index in [0.29, 0.717) is 11.8 Å². The van der Waals surface area contributed by atoms with Crippen molar-refractivity contribution in [1.82, 2.24) is 0 Å². The molecule has 2 nitrogen and oxygen atoms in total. The van der Waals surface area contributed by atoms with Crippen molar-refractivity contribution in [2.45, 2.75) is 62.9 Å². The third-order valence-electron chi connectivity index (χ3n) is 7.52. The number of benzene rings is 2. The molecule has 2 heterocycles. The van der Waals surface area contributed by atoms with E-state index in [-0.39, 0.29) is 5.66 Å². The van der Waals surface area contributed by atoms with Crippen LogP contribution in [-0.4, -0.2) is 5.66 Å². The fourth-order valence-electron chi connectivity index (χ4n) is 6.56. The molecule has 0 radical (unpaired) electrons. The first-order valence-corrected chi connectivity index (χ1v) is 10.8. The Morgan fingerprint density at radius 2 is 1.67 bits per heavy atom. The van der Waals surface area contributed by atoms with E-state index >= 15 is 0 Å². The van der Waals surface area contributed by atoms with Gasteiger partial charge in [0.15, 0.2) is 0 Å². The van der Waals surface area contributed by atoms with Crippen molar-refractivity contribution in [2.24, 2.45) is 5.92 Å². The highest BCUT2D eigenvalue weighted by Crippen LogP contribution is 2.61. The number of allylic oxidation sites excluding steroid dienone is 2. The van der Waals surface area contributed by atoms with E-state index in [9.17, 15) is 0 Å². The van der Waals surface area contributed by atoms with Crippen LogP contribution in [0.1, 0.15) is 62.8 Å². The van der Waals surface area contributed by atoms with Gasteiger partial charge in [-0.15, -0.1) is 0 Å². The summed E-state index contributed by atoms with van der Waals surface area (Å²) in [5.74, 6) is 1.23. The van der Waals surface area contributed by atoms with Crippen molar-refractivity contribution < 1.29 is 0 Å². The van der Waals surface area contributed by atoms with Gasteiger partial charge in [0.2, 0.25) is 0 Å². The number of hydrogen-bond donors (Lipinski definition) is 1. The van der Waals surface area contributed by atoms with Crippen molar-refractivity contribution >= 4 is 11.4 Å². The van der Waals surface area contributed by atoms with Gasteiger partial charge in [-0.3, -0.25) is 0 Å². The zero-order valence-electron chi connectivity index (χ0n) is 16.0. The van der Waals surface area contributed by atoms with Crippen molar-refractivity contribution in [1.29, 1.82) is 0 Å². The summed E-state index contributed by atoms with van der Waals surface area (Å²) in [5.41, 5.74) is 7.77. The van der Waals surface area contributed by atoms with Crippen LogP contribution in [0, 0.1) is 5.92 Å². The quantitative estimate of drug-likeness (QED) is 0.633. The zero-order valence-corrected chi connectivity index (χ0v) is 16.0. The molecule has 2 heteroatoms. The minimum atomic E-state index is 0.0820. The topological polar surface area (TPSA) is 15.3 Å². The Morgan fingerprint density at radius 1 is 0.852 bits per heavy atom. The summed E-state index contributed by atoms with van der Waals surface area (Å²) in [5, 5.41) is 4.08. The van der Waals surface area contributed by atoms with Gasteiger partial charge < -0.3 is 10.2 Å². The second-order valence-corrected chi connectivity index (χ2v) is 8.82. The lowest BCUT2D eigenvalue weighted by molar-refractivity contribution is 0.176. The lowest BCUT2D eigenvalue weighted by atomic mass is 9.62. The highest BCUT2D eigenvalue weighted by Gasteiger charge is 2.57. The van der Waals surface area contributed by atoms with Crippen molar-refractivity contribution in [3.63, 3.8) is 0 Å². The molecule has 2 aliphatic carbocycles. The van der Waals surface area contributed by atoms with Crippen LogP contribution >= 0.6 is 0 Å². The number of nitrogens with one attached hydrogen (secondary N) is 1. The Kier molecular flexibility index (Phi) is 3.45. The van der Waals surface area contributed by atoms with Crippen LogP contribution in [0.15, 0.2) is 65.9 Å². The normalized spacial score (nSPS) is 31.5. The van der Waals surface area contributed by atoms with Gasteiger partial charge in [-0.2, -0.15) is 0 Å². The molecule has 0 unspecified atom stereocenters. The van der Waals surface area contributed by atoms with Gasteiger partial charge in [-0.25, -0.2) is 0 Å². The SMILES string of the molecule is c1ccc([C@H]2C3=C(CCCC3)N3c4ccccc4N[C@@]34CCCC[C@H]24)cc1. The standard InChI is InChI=1S/C25H28N2/c1-2-10-18(11-3-1)24-19-12-4-6-15-22(19)27-23-16-7-5-14-21(23)26-25(27)17-9-8-13-20(24)25/h1-3,5,7,10-11,14,16,20,24,26H,4,6,8-9,12-13,15,17H2/t20-,24+,25+/m1/s1. The minimum absolute atomic E-state index is 0.0820. The van der Waals surface area contributed by atoms with Crippen molar-refractivity contribution in [2.75, 3.05) is 10.2 Å². The molecule has 2 aromatic rings. The van der Waals surface area contributed by atoms with Gasteiger partial charge in [-0.1, -0.05) is 48.9 Å². The molecule has 0 bridgehead atoms. The van der Waals surface area contributed by atoms with Crippen LogP contribution in [0.4, 0.5) is 11.4 Å². The molecule has 1 N–H and O–H groups in total. The Balaban J connectivity index is 1.61. The first kappa shape index (κ1) is 15.8. The number of rotatable bonds is 1. The van der Waals surface area contributed by atoms with Crippen LogP contribution < -0.4 is 10.2 Å². The second-order valence-electron chi connectivity index (χ2n) is 8.82. The largest absolute Gasteiger partial charge is 0.360 e. The lowest BCUT2D eigenvalue weighted by Gasteiger charge is -2.57. The smallest absolute Gasteiger partial charge is 0.118 e. The minimum Gasteiger partial charge on any atom is -0.360 e. The summed E-state index contributed by atoms with van der Waals surface area (Å²) in [7, 11) is 0. The molecule has 2 aromatic carbocycles. The number of anilines is 2. The Hall–Kier alpha value is -2.22. The maximum absolute atomic E-state index is 4.08. The molecule has 6 rings (SSSR count). The van der Waals surface area contributed by atoms with Crippen LogP contribution in [0.3, 0.4) is 0 Å². The van der Waals surface area contributed by atoms with Gasteiger partial charge in [0.05, 0.1) is 11.4 Å². The van der Waals surface area contributed by atoms with Crippen LogP contribution in [0.5, 0.6) is 0 Å². The summed E-state index contributed by atoms with van der Waals surface area (Å²) in [6.07, 6.45) is 10.5. The molecule has 0 saturated heterocycles. The highest BCUT2D eigenvalue weighted by molar-refractivity contribution is 5.82. The van der Waals surface area contributed by atoms with Crippen LogP contribution in [-0.2, 0) is 0 Å². The molecule has 1 saturated carbocycles. The summed E-state index contributed by atoms with van der Waals surface area (Å²) < 4.78 is 0. The molecule has 0 aromatic heterocycles. The van der Waals surface area contributed by atoms with Crippen LogP contribution in [0.25, 0.3) is 0 Å². The average molecular weight is 357 g/mol. The summed E-state index contributed by atoms with van der Waals surface area (Å²) in [6.45, 7) is 0. The maximum atomic E-state index is 4.08. The van der Waals surface area contributed by atoms with Crippen molar-refractivity contribution in [3.05, 3.63) is 71.4 Å². The van der Waals surface area contributed by atoms with E-state index in [1.54, 1.807) is 11.3 Å². The van der Waals surface area contributed by atoms with Gasteiger partial charge in [0.1, 0.15) is 5.66 Å². The highest BCUT2D eigenvalue weighted by atomic mass is 15.4. The predicted octanol–water partition coefficient (Wildman–Crippen LogP) is 6.43. The molecule has 0 amide bonds. The molecule has 2 aliphatic heterocycles. The van der Waals surface area contributed by atoms with E-state index in [1.165, 1.54) is 68.3 Å². The van der Waals surface area contributed by atoms with E-state index in [0.717, 1.165) is 0 Å². The fourth-order valence-corrected chi connectivity index (χ4v) is 6.56.